The number of likely N-dealkylation sites (tertiary alicyclic amines) is 1. The molecule has 0 radical (unpaired) electrons. The van der Waals surface area contributed by atoms with Crippen molar-refractivity contribution in [2.75, 3.05) is 13.1 Å². The quantitative estimate of drug-likeness (QED) is 0.741. The number of aliphatic hydroxyl groups excluding tert-OH is 1. The minimum atomic E-state index is -0.856. The summed E-state index contributed by atoms with van der Waals surface area (Å²) in [6.07, 6.45) is 3.05. The van der Waals surface area contributed by atoms with E-state index in [1.54, 1.807) is 13.0 Å². The van der Waals surface area contributed by atoms with Crippen LogP contribution in [0.2, 0.25) is 0 Å². The summed E-state index contributed by atoms with van der Waals surface area (Å²) >= 11 is 0. The monoisotopic (exact) mass is 363 g/mol. The van der Waals surface area contributed by atoms with Crippen LogP contribution in [0.5, 0.6) is 0 Å². The van der Waals surface area contributed by atoms with Crippen molar-refractivity contribution in [3.63, 3.8) is 0 Å². The average molecular weight is 363 g/mol. The lowest BCUT2D eigenvalue weighted by molar-refractivity contribution is 0.166. The summed E-state index contributed by atoms with van der Waals surface area (Å²) in [5, 5.41) is 11.5. The fourth-order valence-corrected chi connectivity index (χ4v) is 3.96. The van der Waals surface area contributed by atoms with Crippen molar-refractivity contribution < 1.29 is 9.52 Å². The molecule has 1 aromatic heterocycles. The zero-order valence-electron chi connectivity index (χ0n) is 15.6. The molecular weight excluding hydrogens is 338 g/mol. The van der Waals surface area contributed by atoms with E-state index in [-0.39, 0.29) is 0 Å². The highest BCUT2D eigenvalue weighted by molar-refractivity contribution is 5.96. The smallest absolute Gasteiger partial charge is 0.343 e. The van der Waals surface area contributed by atoms with Crippen LogP contribution in [0.4, 0.5) is 0 Å². The van der Waals surface area contributed by atoms with Gasteiger partial charge in [-0.2, -0.15) is 0 Å². The summed E-state index contributed by atoms with van der Waals surface area (Å²) in [6.45, 7) is 4.93. The van der Waals surface area contributed by atoms with Gasteiger partial charge < -0.3 is 9.52 Å². The molecule has 27 heavy (non-hydrogen) atoms. The summed E-state index contributed by atoms with van der Waals surface area (Å²) in [7, 11) is 0. The molecule has 1 saturated heterocycles. The SMILES string of the molecule is CC(O)c1oc(=O)c2ccccc2c1-c1ccc(CN2CCCCC2)cc1. The predicted molar refractivity (Wildman–Crippen MR) is 108 cm³/mol. The first-order chi connectivity index (χ1) is 13.1. The molecule has 1 atom stereocenters. The molecule has 0 amide bonds. The van der Waals surface area contributed by atoms with Crippen LogP contribution in [0.1, 0.15) is 43.6 Å². The number of benzene rings is 2. The van der Waals surface area contributed by atoms with Gasteiger partial charge in [-0.05, 0) is 50.0 Å². The van der Waals surface area contributed by atoms with E-state index in [4.69, 9.17) is 4.42 Å². The Morgan fingerprint density at radius 1 is 1.00 bits per heavy atom. The minimum absolute atomic E-state index is 0.322. The molecule has 0 spiro atoms. The van der Waals surface area contributed by atoms with Gasteiger partial charge in [0.1, 0.15) is 11.9 Å². The summed E-state index contributed by atoms with van der Waals surface area (Å²) in [4.78, 5) is 14.8. The van der Waals surface area contributed by atoms with E-state index in [0.29, 0.717) is 11.1 Å². The van der Waals surface area contributed by atoms with Gasteiger partial charge in [0, 0.05) is 17.5 Å². The highest BCUT2D eigenvalue weighted by Gasteiger charge is 2.19. The van der Waals surface area contributed by atoms with Crippen LogP contribution in [0.3, 0.4) is 0 Å². The number of nitrogens with zero attached hydrogens (tertiary/aromatic N) is 1. The molecular formula is C23H25NO3. The summed E-state index contributed by atoms with van der Waals surface area (Å²) in [5.41, 5.74) is 2.62. The summed E-state index contributed by atoms with van der Waals surface area (Å²) in [5.74, 6) is 0.322. The van der Waals surface area contributed by atoms with Gasteiger partial charge >= 0.3 is 5.63 Å². The maximum atomic E-state index is 12.3. The van der Waals surface area contributed by atoms with E-state index in [9.17, 15) is 9.90 Å². The van der Waals surface area contributed by atoms with Crippen molar-refractivity contribution >= 4 is 10.8 Å². The number of hydrogen-bond acceptors (Lipinski definition) is 4. The number of rotatable bonds is 4. The highest BCUT2D eigenvalue weighted by Crippen LogP contribution is 2.34. The van der Waals surface area contributed by atoms with Gasteiger partial charge in [-0.15, -0.1) is 0 Å². The molecule has 3 aromatic rings. The van der Waals surface area contributed by atoms with Crippen LogP contribution < -0.4 is 5.63 Å². The van der Waals surface area contributed by atoms with Crippen molar-refractivity contribution in [3.8, 4) is 11.1 Å². The van der Waals surface area contributed by atoms with Crippen LogP contribution in [0, 0.1) is 0 Å². The Morgan fingerprint density at radius 3 is 2.33 bits per heavy atom. The standard InChI is InChI=1S/C23H25NO3/c1-16(25)22-21(19-7-3-4-8-20(19)23(26)27-22)18-11-9-17(10-12-18)15-24-13-5-2-6-14-24/h3-4,7-12,16,25H,2,5-6,13-15H2,1H3. The van der Waals surface area contributed by atoms with Crippen molar-refractivity contribution in [2.24, 2.45) is 0 Å². The Labute approximate surface area is 159 Å². The molecule has 4 rings (SSSR count). The fraction of sp³-hybridized carbons (Fsp3) is 0.348. The molecule has 0 bridgehead atoms. The molecule has 1 N–H and O–H groups in total. The van der Waals surface area contributed by atoms with Gasteiger partial charge in [0.2, 0.25) is 0 Å². The molecule has 2 aromatic carbocycles. The number of fused-ring (bicyclic) bond motifs is 1. The number of aliphatic hydroxyl groups is 1. The molecule has 0 saturated carbocycles. The third-order valence-corrected chi connectivity index (χ3v) is 5.34. The van der Waals surface area contributed by atoms with Crippen molar-refractivity contribution in [1.29, 1.82) is 0 Å². The Bertz CT molecular complexity index is 983. The van der Waals surface area contributed by atoms with Gasteiger partial charge in [-0.3, -0.25) is 4.90 Å². The second-order valence-corrected chi connectivity index (χ2v) is 7.38. The third kappa shape index (κ3) is 3.68. The average Bonchev–Trinajstić information content (AvgIpc) is 2.69. The van der Waals surface area contributed by atoms with E-state index >= 15 is 0 Å². The first-order valence-corrected chi connectivity index (χ1v) is 9.69. The normalized spacial score (nSPS) is 16.5. The first kappa shape index (κ1) is 18.0. The van der Waals surface area contributed by atoms with Crippen molar-refractivity contribution in [2.45, 2.75) is 38.8 Å². The zero-order valence-corrected chi connectivity index (χ0v) is 15.6. The topological polar surface area (TPSA) is 53.7 Å². The lowest BCUT2D eigenvalue weighted by Gasteiger charge is -2.26. The van der Waals surface area contributed by atoms with Crippen molar-refractivity contribution in [1.82, 2.24) is 4.90 Å². The Morgan fingerprint density at radius 2 is 1.67 bits per heavy atom. The lowest BCUT2D eigenvalue weighted by Crippen LogP contribution is -2.29. The maximum Gasteiger partial charge on any atom is 0.343 e. The van der Waals surface area contributed by atoms with Gasteiger partial charge in [0.15, 0.2) is 0 Å². The van der Waals surface area contributed by atoms with E-state index in [2.05, 4.69) is 29.2 Å². The second-order valence-electron chi connectivity index (χ2n) is 7.38. The molecule has 2 heterocycles. The zero-order chi connectivity index (χ0) is 18.8. The Hall–Kier alpha value is -2.43. The van der Waals surface area contributed by atoms with Crippen LogP contribution in [-0.2, 0) is 6.54 Å². The van der Waals surface area contributed by atoms with Gasteiger partial charge in [-0.1, -0.05) is 48.9 Å². The van der Waals surface area contributed by atoms with Crippen molar-refractivity contribution in [3.05, 3.63) is 70.3 Å². The van der Waals surface area contributed by atoms with Gasteiger partial charge in [0.05, 0.1) is 5.39 Å². The van der Waals surface area contributed by atoms with E-state index < -0.39 is 11.7 Å². The van der Waals surface area contributed by atoms with E-state index in [1.165, 1.54) is 37.9 Å². The van der Waals surface area contributed by atoms with E-state index in [0.717, 1.165) is 23.1 Å². The van der Waals surface area contributed by atoms with Gasteiger partial charge in [-0.25, -0.2) is 4.79 Å². The van der Waals surface area contributed by atoms with E-state index in [1.807, 2.05) is 18.2 Å². The Kier molecular flexibility index (Phi) is 5.10. The lowest BCUT2D eigenvalue weighted by atomic mass is 9.96. The summed E-state index contributed by atoms with van der Waals surface area (Å²) < 4.78 is 5.48. The number of piperidine rings is 1. The fourth-order valence-electron chi connectivity index (χ4n) is 3.96. The minimum Gasteiger partial charge on any atom is -0.424 e. The van der Waals surface area contributed by atoms with Crippen LogP contribution >= 0.6 is 0 Å². The molecule has 0 aliphatic carbocycles. The van der Waals surface area contributed by atoms with Crippen LogP contribution in [0.15, 0.2) is 57.7 Å². The molecule has 1 aliphatic heterocycles. The molecule has 140 valence electrons. The first-order valence-electron chi connectivity index (χ1n) is 9.69. The Balaban J connectivity index is 1.74. The highest BCUT2D eigenvalue weighted by atomic mass is 16.4. The molecule has 1 fully saturated rings. The van der Waals surface area contributed by atoms with Crippen LogP contribution in [0.25, 0.3) is 21.9 Å². The largest absolute Gasteiger partial charge is 0.424 e. The molecule has 1 aliphatic rings. The van der Waals surface area contributed by atoms with Gasteiger partial charge in [0.25, 0.3) is 0 Å². The molecule has 4 heteroatoms. The summed E-state index contributed by atoms with van der Waals surface area (Å²) in [6, 6.07) is 15.8. The third-order valence-electron chi connectivity index (χ3n) is 5.34. The molecule has 1 unspecified atom stereocenters. The molecule has 4 nitrogen and oxygen atoms in total. The predicted octanol–water partition coefficient (Wildman–Crippen LogP) is 4.50. The number of hydrogen-bond donors (Lipinski definition) is 1. The van der Waals surface area contributed by atoms with Crippen LogP contribution in [-0.4, -0.2) is 23.1 Å². The second kappa shape index (κ2) is 7.67. The maximum absolute atomic E-state index is 12.3.